The summed E-state index contributed by atoms with van der Waals surface area (Å²) in [7, 11) is 0. The summed E-state index contributed by atoms with van der Waals surface area (Å²) in [6.45, 7) is 3.24. The van der Waals surface area contributed by atoms with Crippen LogP contribution in [0.4, 0.5) is 10.1 Å². The number of pyridine rings is 1. The Hall–Kier alpha value is -2.12. The van der Waals surface area contributed by atoms with E-state index in [4.69, 9.17) is 17.3 Å². The minimum Gasteiger partial charge on any atom is -0.477 e. The molecule has 8 heteroatoms. The van der Waals surface area contributed by atoms with Crippen molar-refractivity contribution in [1.29, 1.82) is 0 Å². The number of aryl methyl sites for hydroxylation is 1. The van der Waals surface area contributed by atoms with Gasteiger partial charge in [0.15, 0.2) is 0 Å². The molecule has 0 amide bonds. The van der Waals surface area contributed by atoms with Crippen molar-refractivity contribution in [3.8, 4) is 0 Å². The molecule has 1 aliphatic heterocycles. The fraction of sp³-hybridized carbons (Fsp3) is 0.375. The van der Waals surface area contributed by atoms with Crippen molar-refractivity contribution in [1.82, 2.24) is 4.57 Å². The fourth-order valence-corrected chi connectivity index (χ4v) is 3.58. The smallest absolute Gasteiger partial charge is 0.341 e. The van der Waals surface area contributed by atoms with Gasteiger partial charge in [-0.15, -0.1) is 0 Å². The van der Waals surface area contributed by atoms with E-state index in [1.807, 2.05) is 0 Å². The lowest BCUT2D eigenvalue weighted by molar-refractivity contribution is 0.0695. The predicted molar refractivity (Wildman–Crippen MR) is 90.6 cm³/mol. The number of rotatable bonds is 3. The first-order chi connectivity index (χ1) is 11.3. The van der Waals surface area contributed by atoms with Gasteiger partial charge in [-0.2, -0.15) is 0 Å². The maximum absolute atomic E-state index is 14.6. The normalized spacial score (nSPS) is 17.7. The number of halogens is 2. The number of hydrogen-bond donors (Lipinski definition) is 2. The lowest BCUT2D eigenvalue weighted by Crippen LogP contribution is -2.27. The number of anilines is 1. The number of carbonyl (C=O) groups is 1. The second-order valence-electron chi connectivity index (χ2n) is 5.87. The molecule has 0 spiro atoms. The molecule has 0 aliphatic carbocycles. The molecule has 1 aromatic carbocycles. The van der Waals surface area contributed by atoms with Crippen molar-refractivity contribution < 1.29 is 14.3 Å². The van der Waals surface area contributed by atoms with Gasteiger partial charge < -0.3 is 20.3 Å². The molecule has 3 N–H and O–H groups in total. The Morgan fingerprint density at radius 2 is 2.25 bits per heavy atom. The first-order valence-electron chi connectivity index (χ1n) is 7.64. The third kappa shape index (κ3) is 2.53. The molecule has 1 fully saturated rings. The van der Waals surface area contributed by atoms with Crippen LogP contribution in [0.25, 0.3) is 10.9 Å². The molecule has 24 heavy (non-hydrogen) atoms. The number of aromatic carboxylic acids is 1. The van der Waals surface area contributed by atoms with E-state index in [-0.39, 0.29) is 22.1 Å². The quantitative estimate of drug-likeness (QED) is 0.881. The van der Waals surface area contributed by atoms with E-state index in [1.54, 1.807) is 16.4 Å². The molecule has 6 nitrogen and oxygen atoms in total. The van der Waals surface area contributed by atoms with Gasteiger partial charge in [0, 0.05) is 31.9 Å². The summed E-state index contributed by atoms with van der Waals surface area (Å²) in [6.07, 6.45) is 1.97. The van der Waals surface area contributed by atoms with E-state index in [2.05, 4.69) is 0 Å². The molecule has 1 unspecified atom stereocenters. The fourth-order valence-electron chi connectivity index (χ4n) is 3.16. The molecule has 0 bridgehead atoms. The van der Waals surface area contributed by atoms with Crippen molar-refractivity contribution in [3.05, 3.63) is 38.9 Å². The highest BCUT2D eigenvalue weighted by molar-refractivity contribution is 6.38. The van der Waals surface area contributed by atoms with Gasteiger partial charge in [-0.1, -0.05) is 11.6 Å². The summed E-state index contributed by atoms with van der Waals surface area (Å²) in [5.41, 5.74) is 5.28. The van der Waals surface area contributed by atoms with Crippen LogP contribution in [0.1, 0.15) is 23.7 Å². The van der Waals surface area contributed by atoms with Crippen LogP contribution in [0.3, 0.4) is 0 Å². The largest absolute Gasteiger partial charge is 0.477 e. The summed E-state index contributed by atoms with van der Waals surface area (Å²) >= 11 is 6.43. The SMILES string of the molecule is CCn1cc(C(=O)O)c(=O)c2cc(F)c(N3CCC(N)C3)c(Cl)c21. The van der Waals surface area contributed by atoms with Crippen LogP contribution >= 0.6 is 11.6 Å². The van der Waals surface area contributed by atoms with Gasteiger partial charge in [0.25, 0.3) is 0 Å². The lowest BCUT2D eigenvalue weighted by atomic mass is 10.1. The number of hydrogen-bond acceptors (Lipinski definition) is 4. The van der Waals surface area contributed by atoms with Gasteiger partial charge in [0.05, 0.1) is 21.6 Å². The maximum Gasteiger partial charge on any atom is 0.341 e. The first-order valence-corrected chi connectivity index (χ1v) is 8.01. The highest BCUT2D eigenvalue weighted by Crippen LogP contribution is 2.37. The molecule has 1 saturated heterocycles. The average molecular weight is 354 g/mol. The Balaban J connectivity index is 2.34. The summed E-state index contributed by atoms with van der Waals surface area (Å²) in [6, 6.07) is 1.01. The van der Waals surface area contributed by atoms with Crippen LogP contribution in [-0.4, -0.2) is 34.8 Å². The highest BCUT2D eigenvalue weighted by Gasteiger charge is 2.27. The Bertz CT molecular complexity index is 896. The molecule has 128 valence electrons. The Morgan fingerprint density at radius 1 is 1.54 bits per heavy atom. The van der Waals surface area contributed by atoms with Gasteiger partial charge in [-0.05, 0) is 19.4 Å². The van der Waals surface area contributed by atoms with Crippen molar-refractivity contribution in [3.63, 3.8) is 0 Å². The monoisotopic (exact) mass is 353 g/mol. The molecule has 1 atom stereocenters. The predicted octanol–water partition coefficient (Wildman–Crippen LogP) is 2.05. The first kappa shape index (κ1) is 16.7. The van der Waals surface area contributed by atoms with Crippen molar-refractivity contribution >= 4 is 34.2 Å². The highest BCUT2D eigenvalue weighted by atomic mass is 35.5. The van der Waals surface area contributed by atoms with Gasteiger partial charge in [-0.25, -0.2) is 9.18 Å². The molecule has 0 radical (unpaired) electrons. The van der Waals surface area contributed by atoms with Crippen LogP contribution in [0.5, 0.6) is 0 Å². The molecular formula is C16H17ClFN3O3. The van der Waals surface area contributed by atoms with Gasteiger partial charge in [0.1, 0.15) is 11.4 Å². The van der Waals surface area contributed by atoms with Crippen LogP contribution in [0, 0.1) is 5.82 Å². The van der Waals surface area contributed by atoms with Gasteiger partial charge >= 0.3 is 5.97 Å². The molecule has 2 heterocycles. The molecule has 2 aromatic rings. The lowest BCUT2D eigenvalue weighted by Gasteiger charge is -2.22. The number of nitrogens with zero attached hydrogens (tertiary/aromatic N) is 2. The summed E-state index contributed by atoms with van der Waals surface area (Å²) in [5, 5.41) is 9.25. The second-order valence-corrected chi connectivity index (χ2v) is 6.25. The summed E-state index contributed by atoms with van der Waals surface area (Å²) in [5.74, 6) is -2.00. The topological polar surface area (TPSA) is 88.6 Å². The van der Waals surface area contributed by atoms with E-state index < -0.39 is 22.8 Å². The third-order valence-electron chi connectivity index (χ3n) is 4.34. The summed E-state index contributed by atoms with van der Waals surface area (Å²) < 4.78 is 16.2. The van der Waals surface area contributed by atoms with E-state index in [9.17, 15) is 19.1 Å². The van der Waals surface area contributed by atoms with E-state index in [0.29, 0.717) is 25.2 Å². The van der Waals surface area contributed by atoms with E-state index in [0.717, 1.165) is 12.5 Å². The standard InChI is InChI=1S/C16H17ClFN3O3/c1-2-20-7-10(16(23)24)15(22)9-5-11(18)14(12(17)13(9)20)21-4-3-8(19)6-21/h5,7-8H,2-4,6,19H2,1H3,(H,23,24). The maximum atomic E-state index is 14.6. The zero-order valence-electron chi connectivity index (χ0n) is 13.1. The Labute approximate surface area is 142 Å². The van der Waals surface area contributed by atoms with Crippen LogP contribution in [-0.2, 0) is 6.54 Å². The van der Waals surface area contributed by atoms with Crippen molar-refractivity contribution in [2.45, 2.75) is 25.9 Å². The number of benzene rings is 1. The zero-order valence-corrected chi connectivity index (χ0v) is 13.8. The molecule has 0 saturated carbocycles. The number of fused-ring (bicyclic) bond motifs is 1. The molecular weight excluding hydrogens is 337 g/mol. The van der Waals surface area contributed by atoms with Crippen LogP contribution in [0.15, 0.2) is 17.1 Å². The average Bonchev–Trinajstić information content (AvgIpc) is 2.94. The van der Waals surface area contributed by atoms with Crippen LogP contribution < -0.4 is 16.1 Å². The molecule has 1 aliphatic rings. The Kier molecular flexibility index (Phi) is 4.23. The van der Waals surface area contributed by atoms with Crippen molar-refractivity contribution in [2.75, 3.05) is 18.0 Å². The van der Waals surface area contributed by atoms with Crippen molar-refractivity contribution in [2.24, 2.45) is 5.73 Å². The minimum atomic E-state index is -1.35. The Morgan fingerprint density at radius 3 is 2.79 bits per heavy atom. The number of carboxylic acids is 1. The number of aromatic nitrogens is 1. The molecule has 1 aromatic heterocycles. The van der Waals surface area contributed by atoms with E-state index in [1.165, 1.54) is 6.20 Å². The van der Waals surface area contributed by atoms with Gasteiger partial charge in [0.2, 0.25) is 5.43 Å². The number of carboxylic acid groups (broad SMARTS) is 1. The number of nitrogens with two attached hydrogens (primary N) is 1. The minimum absolute atomic E-state index is 0.0357. The summed E-state index contributed by atoms with van der Waals surface area (Å²) in [4.78, 5) is 25.4. The van der Waals surface area contributed by atoms with Gasteiger partial charge in [-0.3, -0.25) is 4.79 Å². The zero-order chi connectivity index (χ0) is 17.6. The van der Waals surface area contributed by atoms with E-state index >= 15 is 0 Å². The molecule has 3 rings (SSSR count). The van der Waals surface area contributed by atoms with Crippen LogP contribution in [0.2, 0.25) is 5.02 Å². The third-order valence-corrected chi connectivity index (χ3v) is 4.70. The second kappa shape index (κ2) is 6.07.